The Kier molecular flexibility index (Phi) is 27.9. The highest BCUT2D eigenvalue weighted by Crippen LogP contribution is 2.48. The molecule has 4 nitrogen and oxygen atoms in total. The summed E-state index contributed by atoms with van der Waals surface area (Å²) in [5, 5.41) is 21.3. The molecule has 0 aliphatic rings. The van der Waals surface area contributed by atoms with Crippen molar-refractivity contribution in [3.8, 4) is 23.0 Å². The quantitative estimate of drug-likeness (QED) is 0.0625. The van der Waals surface area contributed by atoms with Crippen molar-refractivity contribution in [2.24, 2.45) is 0 Å². The van der Waals surface area contributed by atoms with Gasteiger partial charge in [0.1, 0.15) is 0 Å². The lowest BCUT2D eigenvalue weighted by Crippen LogP contribution is -1.98. The molecule has 0 spiro atoms. The Morgan fingerprint density at radius 2 is 0.627 bits per heavy atom. The van der Waals surface area contributed by atoms with E-state index in [4.69, 9.17) is 9.47 Å². The number of phenols is 2. The molecule has 0 atom stereocenters. The van der Waals surface area contributed by atoms with Crippen LogP contribution in [0.15, 0.2) is 105 Å². The highest BCUT2D eigenvalue weighted by atomic mass is 16.5. The predicted octanol–water partition coefficient (Wildman–Crippen LogP) is 17.1. The topological polar surface area (TPSA) is 58.9 Å². The van der Waals surface area contributed by atoms with Crippen LogP contribution in [0.2, 0.25) is 0 Å². The van der Waals surface area contributed by atoms with Crippen molar-refractivity contribution in [2.45, 2.75) is 192 Å². The van der Waals surface area contributed by atoms with Crippen molar-refractivity contribution < 1.29 is 19.7 Å². The van der Waals surface area contributed by atoms with Crippen molar-refractivity contribution in [3.63, 3.8) is 0 Å². The molecule has 2 N–H and O–H groups in total. The van der Waals surface area contributed by atoms with Crippen LogP contribution in [0.3, 0.4) is 0 Å². The van der Waals surface area contributed by atoms with Gasteiger partial charge >= 0.3 is 0 Å². The van der Waals surface area contributed by atoms with Gasteiger partial charge < -0.3 is 19.7 Å². The van der Waals surface area contributed by atoms with E-state index in [2.05, 4.69) is 124 Å². The lowest BCUT2D eigenvalue weighted by atomic mass is 9.99. The number of benzene rings is 1. The second kappa shape index (κ2) is 31.0. The van der Waals surface area contributed by atoms with Crippen LogP contribution < -0.4 is 9.47 Å². The normalized spacial score (nSPS) is 14.4. The second-order valence-electron chi connectivity index (χ2n) is 17.2. The van der Waals surface area contributed by atoms with E-state index in [0.717, 1.165) is 83.5 Å². The lowest BCUT2D eigenvalue weighted by Gasteiger charge is -2.17. The molecule has 4 heteroatoms. The van der Waals surface area contributed by atoms with Gasteiger partial charge in [0.15, 0.2) is 11.5 Å². The molecule has 1 rings (SSSR count). The zero-order valence-electron chi connectivity index (χ0n) is 40.1. The molecule has 59 heavy (non-hydrogen) atoms. The molecule has 1 aromatic carbocycles. The van der Waals surface area contributed by atoms with E-state index in [1.165, 1.54) is 90.1 Å². The number of hydrogen-bond donors (Lipinski definition) is 2. The molecule has 0 aliphatic heterocycles. The molecule has 0 saturated carbocycles. The Balaban J connectivity index is 2.33. The molecule has 330 valence electrons. The van der Waals surface area contributed by atoms with Gasteiger partial charge in [-0.05, 0) is 185 Å². The maximum Gasteiger partial charge on any atom is 0.207 e. The summed E-state index contributed by atoms with van der Waals surface area (Å²) in [6, 6.07) is 0. The van der Waals surface area contributed by atoms with E-state index in [-0.39, 0.29) is 23.0 Å². The van der Waals surface area contributed by atoms with Gasteiger partial charge in [-0.1, -0.05) is 112 Å². The van der Waals surface area contributed by atoms with Crippen molar-refractivity contribution in [3.05, 3.63) is 116 Å². The maximum atomic E-state index is 10.7. The average Bonchev–Trinajstić information content (AvgIpc) is 3.19. The van der Waals surface area contributed by atoms with Gasteiger partial charge in [-0.25, -0.2) is 0 Å². The van der Waals surface area contributed by atoms with E-state index in [0.29, 0.717) is 17.5 Å². The van der Waals surface area contributed by atoms with Crippen molar-refractivity contribution >= 4 is 0 Å². The van der Waals surface area contributed by atoms with Crippen LogP contribution in [0, 0.1) is 6.92 Å². The van der Waals surface area contributed by atoms with E-state index >= 15 is 0 Å². The first kappa shape index (κ1) is 53.1. The van der Waals surface area contributed by atoms with Crippen LogP contribution in [0.1, 0.15) is 190 Å². The smallest absolute Gasteiger partial charge is 0.207 e. The molecule has 0 heterocycles. The van der Waals surface area contributed by atoms with Crippen molar-refractivity contribution in [1.82, 2.24) is 0 Å². The Morgan fingerprint density at radius 3 is 0.881 bits per heavy atom. The summed E-state index contributed by atoms with van der Waals surface area (Å²) in [5.74, 6) is 0.357. The monoisotopic (exact) mass is 811 g/mol. The fourth-order valence-electron chi connectivity index (χ4n) is 7.08. The first-order chi connectivity index (χ1) is 28.1. The van der Waals surface area contributed by atoms with Crippen LogP contribution in [0.25, 0.3) is 0 Å². The molecular weight excluding hydrogens is 725 g/mol. The number of rotatable bonds is 29. The highest BCUT2D eigenvalue weighted by Gasteiger charge is 2.22. The number of phenolic OH excluding ortho intramolecular Hbond substituents is 2. The summed E-state index contributed by atoms with van der Waals surface area (Å²) in [6.07, 6.45) is 41.1. The van der Waals surface area contributed by atoms with Crippen molar-refractivity contribution in [2.75, 3.05) is 14.2 Å². The van der Waals surface area contributed by atoms with Crippen LogP contribution >= 0.6 is 0 Å². The summed E-state index contributed by atoms with van der Waals surface area (Å²) in [5.41, 5.74) is 14.5. The summed E-state index contributed by atoms with van der Waals surface area (Å²) in [6.45, 7) is 24.3. The van der Waals surface area contributed by atoms with E-state index in [1.807, 2.05) is 0 Å². The zero-order valence-corrected chi connectivity index (χ0v) is 40.1. The third kappa shape index (κ3) is 23.5. The largest absolute Gasteiger partial charge is 0.504 e. The summed E-state index contributed by atoms with van der Waals surface area (Å²) in [4.78, 5) is 0. The molecule has 0 radical (unpaired) electrons. The minimum absolute atomic E-state index is 0.00659. The van der Waals surface area contributed by atoms with E-state index < -0.39 is 0 Å². The van der Waals surface area contributed by atoms with Crippen molar-refractivity contribution in [1.29, 1.82) is 0 Å². The fourth-order valence-corrected chi connectivity index (χ4v) is 7.08. The van der Waals surface area contributed by atoms with Gasteiger partial charge in [-0.2, -0.15) is 0 Å². The molecule has 0 bridgehead atoms. The highest BCUT2D eigenvalue weighted by molar-refractivity contribution is 5.66. The molecule has 0 fully saturated rings. The number of aromatic hydroxyl groups is 2. The number of methoxy groups -OCH3 is 2. The minimum Gasteiger partial charge on any atom is -0.504 e. The summed E-state index contributed by atoms with van der Waals surface area (Å²) in [7, 11) is 2.91. The lowest BCUT2D eigenvalue weighted by molar-refractivity contribution is 0.314. The Morgan fingerprint density at radius 1 is 0.390 bits per heavy atom. The predicted molar refractivity (Wildman–Crippen MR) is 259 cm³/mol. The molecule has 1 aromatic rings. The third-order valence-electron chi connectivity index (χ3n) is 11.6. The Bertz CT molecular complexity index is 1700. The van der Waals surface area contributed by atoms with Gasteiger partial charge in [-0.15, -0.1) is 0 Å². The fraction of sp³-hybridized carbons (Fsp3) is 0.564. The van der Waals surface area contributed by atoms with E-state index in [9.17, 15) is 10.2 Å². The SMILES string of the molecule is CC/C(C)=C/CC/C(C)=C/CC/C(C)=C/CC/C(C)=C/CC/C(C)=C/CC/C(C)=C/CC/C(C)=C/CC/C(C)=C/CC/C(C)=C/Cc1c(C)c(O)c(OC)c(OC)c1O. The maximum absolute atomic E-state index is 10.7. The van der Waals surface area contributed by atoms with Gasteiger partial charge in [0.2, 0.25) is 11.5 Å². The second-order valence-corrected chi connectivity index (χ2v) is 17.2. The first-order valence-electron chi connectivity index (χ1n) is 22.7. The molecule has 0 unspecified atom stereocenters. The van der Waals surface area contributed by atoms with Crippen LogP contribution in [0.4, 0.5) is 0 Å². The Labute approximate surface area is 363 Å². The summed E-state index contributed by atoms with van der Waals surface area (Å²) >= 11 is 0. The Hall–Kier alpha value is -3.92. The van der Waals surface area contributed by atoms with Gasteiger partial charge in [0, 0.05) is 11.1 Å². The first-order valence-corrected chi connectivity index (χ1v) is 22.7. The molecule has 0 saturated heterocycles. The average molecular weight is 811 g/mol. The third-order valence-corrected chi connectivity index (χ3v) is 11.6. The molecule has 0 amide bonds. The number of allylic oxidation sites excluding steroid dienone is 18. The van der Waals surface area contributed by atoms with Crippen LogP contribution in [-0.2, 0) is 6.42 Å². The molecule has 0 aromatic heterocycles. The van der Waals surface area contributed by atoms with Gasteiger partial charge in [0.05, 0.1) is 14.2 Å². The zero-order chi connectivity index (χ0) is 44.2. The molecular formula is C55H86O4. The molecule has 0 aliphatic carbocycles. The van der Waals surface area contributed by atoms with E-state index in [1.54, 1.807) is 6.92 Å². The van der Waals surface area contributed by atoms with Crippen LogP contribution in [0.5, 0.6) is 23.0 Å². The number of ether oxygens (including phenoxy) is 2. The number of hydrogen-bond acceptors (Lipinski definition) is 4. The van der Waals surface area contributed by atoms with Crippen LogP contribution in [-0.4, -0.2) is 24.4 Å². The summed E-state index contributed by atoms with van der Waals surface area (Å²) < 4.78 is 10.5. The standard InChI is InChI=1S/C55H86O4/c1-14-41(2)23-15-24-42(3)25-16-26-43(4)27-17-28-44(5)29-18-30-45(6)31-19-32-46(7)33-20-34-47(8)35-21-36-48(9)37-22-38-49(10)39-40-51-50(11)52(56)54(58-12)55(59-13)53(51)57/h23,25,27,29,31,33,35,37,39,56-57H,14-22,24,26,28,30,32,34,36,38,40H2,1-13H3/b41-23+,42-25+,43-27+,44-29+,45-31+,46-33+,47-35+,48-37+,49-39+. The van der Waals surface area contributed by atoms with Gasteiger partial charge in [-0.3, -0.25) is 0 Å². The van der Waals surface area contributed by atoms with Gasteiger partial charge in [0.25, 0.3) is 0 Å². The minimum atomic E-state index is 0.00659.